The van der Waals surface area contributed by atoms with Crippen LogP contribution in [-0.4, -0.2) is 47.2 Å². The lowest BCUT2D eigenvalue weighted by molar-refractivity contribution is -0.153. The SMILES string of the molecule is C=C1C(=O)O[C@H]2/C=C(/CO)C3=CC(=O)[C@@](C)(C[C@@H](OC(=O)/C(C)=C\C)[C@@H]12)O3. The fourth-order valence-electron chi connectivity index (χ4n) is 3.46. The Morgan fingerprint density at radius 2 is 2.19 bits per heavy atom. The van der Waals surface area contributed by atoms with Crippen LogP contribution in [0.1, 0.15) is 27.2 Å². The van der Waals surface area contributed by atoms with E-state index in [0.29, 0.717) is 11.1 Å². The predicted molar refractivity (Wildman–Crippen MR) is 94.2 cm³/mol. The van der Waals surface area contributed by atoms with E-state index < -0.39 is 42.3 Å². The number of carbonyl (C=O) groups is 3. The van der Waals surface area contributed by atoms with Crippen LogP contribution in [0.5, 0.6) is 0 Å². The van der Waals surface area contributed by atoms with Gasteiger partial charge in [0.2, 0.25) is 5.78 Å². The second kappa shape index (κ2) is 6.81. The normalized spacial score (nSPS) is 35.0. The summed E-state index contributed by atoms with van der Waals surface area (Å²) in [5.74, 6) is -1.90. The summed E-state index contributed by atoms with van der Waals surface area (Å²) in [6, 6.07) is 0. The minimum atomic E-state index is -1.28. The first-order valence-corrected chi connectivity index (χ1v) is 8.71. The molecule has 2 bridgehead atoms. The zero-order valence-corrected chi connectivity index (χ0v) is 15.5. The van der Waals surface area contributed by atoms with Gasteiger partial charge < -0.3 is 19.3 Å². The van der Waals surface area contributed by atoms with Crippen molar-refractivity contribution in [2.24, 2.45) is 5.92 Å². The number of rotatable bonds is 3. The van der Waals surface area contributed by atoms with E-state index in [1.165, 1.54) is 12.2 Å². The maximum atomic E-state index is 12.5. The van der Waals surface area contributed by atoms with Gasteiger partial charge in [-0.25, -0.2) is 9.59 Å². The molecule has 7 nitrogen and oxygen atoms in total. The Morgan fingerprint density at radius 3 is 2.81 bits per heavy atom. The number of fused-ring (bicyclic) bond motifs is 3. The summed E-state index contributed by atoms with van der Waals surface area (Å²) in [5.41, 5.74) is -0.385. The van der Waals surface area contributed by atoms with Gasteiger partial charge in [-0.05, 0) is 26.8 Å². The highest BCUT2D eigenvalue weighted by Gasteiger charge is 2.52. The molecule has 3 rings (SSSR count). The van der Waals surface area contributed by atoms with Crippen molar-refractivity contribution in [2.45, 2.75) is 45.0 Å². The minimum Gasteiger partial charge on any atom is -0.479 e. The lowest BCUT2D eigenvalue weighted by Crippen LogP contribution is -2.42. The Kier molecular flexibility index (Phi) is 4.82. The van der Waals surface area contributed by atoms with Crippen LogP contribution in [0.2, 0.25) is 0 Å². The van der Waals surface area contributed by atoms with E-state index in [0.717, 1.165) is 0 Å². The maximum Gasteiger partial charge on any atom is 0.334 e. The van der Waals surface area contributed by atoms with Crippen molar-refractivity contribution in [1.82, 2.24) is 0 Å². The molecule has 1 fully saturated rings. The monoisotopic (exact) mass is 374 g/mol. The molecule has 0 aliphatic carbocycles. The van der Waals surface area contributed by atoms with E-state index in [9.17, 15) is 19.5 Å². The third kappa shape index (κ3) is 3.23. The molecule has 3 aliphatic heterocycles. The standard InChI is InChI=1S/C20H22O7/c1-5-10(2)18(23)26-15-8-20(4)16(22)7-13(27-20)12(9-21)6-14-17(15)11(3)19(24)25-14/h5-7,14-15,17,21H,3,8-9H2,1-2,4H3/b10-5-,12-6-/t14-,15+,17-,20+/m0/s1. The second-order valence-corrected chi connectivity index (χ2v) is 7.10. The van der Waals surface area contributed by atoms with Crippen molar-refractivity contribution in [3.05, 3.63) is 47.3 Å². The van der Waals surface area contributed by atoms with Crippen molar-refractivity contribution >= 4 is 17.7 Å². The summed E-state index contributed by atoms with van der Waals surface area (Å²) in [6.45, 7) is 8.31. The third-order valence-electron chi connectivity index (χ3n) is 5.24. The number of hydrogen-bond donors (Lipinski definition) is 1. The number of ketones is 1. The van der Waals surface area contributed by atoms with Gasteiger partial charge in [-0.15, -0.1) is 0 Å². The molecule has 0 aromatic heterocycles. The van der Waals surface area contributed by atoms with Crippen molar-refractivity contribution < 1.29 is 33.7 Å². The number of allylic oxidation sites excluding steroid dienone is 1. The molecule has 3 heterocycles. The number of hydrogen-bond acceptors (Lipinski definition) is 7. The Balaban J connectivity index is 2.07. The molecular weight excluding hydrogens is 352 g/mol. The Morgan fingerprint density at radius 1 is 1.48 bits per heavy atom. The molecule has 4 atom stereocenters. The molecule has 3 aliphatic rings. The summed E-state index contributed by atoms with van der Waals surface area (Å²) in [7, 11) is 0. The summed E-state index contributed by atoms with van der Waals surface area (Å²) < 4.78 is 16.8. The first-order chi connectivity index (χ1) is 12.7. The van der Waals surface area contributed by atoms with E-state index in [2.05, 4.69) is 6.58 Å². The van der Waals surface area contributed by atoms with Gasteiger partial charge >= 0.3 is 11.9 Å². The molecule has 0 radical (unpaired) electrons. The highest BCUT2D eigenvalue weighted by atomic mass is 16.6. The van der Waals surface area contributed by atoms with Crippen LogP contribution in [0.3, 0.4) is 0 Å². The summed E-state index contributed by atoms with van der Waals surface area (Å²) in [6.07, 6.45) is 2.83. The van der Waals surface area contributed by atoms with E-state index in [1.807, 2.05) is 0 Å². The Labute approximate surface area is 157 Å². The van der Waals surface area contributed by atoms with E-state index >= 15 is 0 Å². The number of esters is 2. The second-order valence-electron chi connectivity index (χ2n) is 7.10. The summed E-state index contributed by atoms with van der Waals surface area (Å²) in [4.78, 5) is 37.0. The van der Waals surface area contributed by atoms with Crippen LogP contribution in [0.25, 0.3) is 0 Å². The summed E-state index contributed by atoms with van der Waals surface area (Å²) in [5, 5.41) is 9.70. The number of aliphatic hydroxyl groups excluding tert-OH is 1. The number of aliphatic hydroxyl groups is 1. The van der Waals surface area contributed by atoms with Gasteiger partial charge in [0.1, 0.15) is 18.0 Å². The first kappa shape index (κ1) is 19.1. The van der Waals surface area contributed by atoms with E-state index in [4.69, 9.17) is 14.2 Å². The molecule has 0 aromatic rings. The van der Waals surface area contributed by atoms with Gasteiger partial charge in [0.15, 0.2) is 5.60 Å². The van der Waals surface area contributed by atoms with Gasteiger partial charge in [0.05, 0.1) is 12.5 Å². The number of carbonyl (C=O) groups excluding carboxylic acids is 3. The molecule has 0 saturated carbocycles. The van der Waals surface area contributed by atoms with Crippen LogP contribution < -0.4 is 0 Å². The smallest absolute Gasteiger partial charge is 0.334 e. The first-order valence-electron chi connectivity index (χ1n) is 8.71. The molecule has 144 valence electrons. The van der Waals surface area contributed by atoms with Crippen molar-refractivity contribution in [1.29, 1.82) is 0 Å². The van der Waals surface area contributed by atoms with Crippen LogP contribution >= 0.6 is 0 Å². The van der Waals surface area contributed by atoms with Crippen molar-refractivity contribution in [3.63, 3.8) is 0 Å². The minimum absolute atomic E-state index is 0.0257. The highest BCUT2D eigenvalue weighted by molar-refractivity contribution is 6.00. The molecule has 0 unspecified atom stereocenters. The Hall–Kier alpha value is -2.67. The van der Waals surface area contributed by atoms with E-state index in [1.54, 1.807) is 26.8 Å². The average molecular weight is 374 g/mol. The fourth-order valence-corrected chi connectivity index (χ4v) is 3.46. The molecular formula is C20H22O7. The van der Waals surface area contributed by atoms with Crippen molar-refractivity contribution in [3.8, 4) is 0 Å². The van der Waals surface area contributed by atoms with Gasteiger partial charge in [-0.3, -0.25) is 4.79 Å². The maximum absolute atomic E-state index is 12.5. The third-order valence-corrected chi connectivity index (χ3v) is 5.24. The van der Waals surface area contributed by atoms with Gasteiger partial charge in [0.25, 0.3) is 0 Å². The van der Waals surface area contributed by atoms with Crippen LogP contribution in [0, 0.1) is 5.92 Å². The largest absolute Gasteiger partial charge is 0.479 e. The molecule has 1 saturated heterocycles. The Bertz CT molecular complexity index is 816. The van der Waals surface area contributed by atoms with E-state index in [-0.39, 0.29) is 23.5 Å². The lowest BCUT2D eigenvalue weighted by Gasteiger charge is -2.31. The van der Waals surface area contributed by atoms with Gasteiger partial charge in [-0.2, -0.15) is 0 Å². The average Bonchev–Trinajstić information content (AvgIpc) is 3.08. The van der Waals surface area contributed by atoms with Crippen LogP contribution in [0.4, 0.5) is 0 Å². The molecule has 0 amide bonds. The zero-order valence-electron chi connectivity index (χ0n) is 15.5. The number of ether oxygens (including phenoxy) is 3. The lowest BCUT2D eigenvalue weighted by atomic mass is 9.82. The van der Waals surface area contributed by atoms with Crippen LogP contribution in [0.15, 0.2) is 47.3 Å². The molecule has 0 spiro atoms. The fraction of sp³-hybridized carbons (Fsp3) is 0.450. The summed E-state index contributed by atoms with van der Waals surface area (Å²) >= 11 is 0. The molecule has 0 aromatic carbocycles. The molecule has 1 N–H and O–H groups in total. The van der Waals surface area contributed by atoms with Crippen LogP contribution in [-0.2, 0) is 28.6 Å². The molecule has 27 heavy (non-hydrogen) atoms. The molecule has 7 heteroatoms. The zero-order chi connectivity index (χ0) is 19.9. The predicted octanol–water partition coefficient (Wildman–Crippen LogP) is 1.53. The van der Waals surface area contributed by atoms with Crippen molar-refractivity contribution in [2.75, 3.05) is 6.61 Å². The van der Waals surface area contributed by atoms with Gasteiger partial charge in [0, 0.05) is 29.2 Å². The topological polar surface area (TPSA) is 99.1 Å². The quantitative estimate of drug-likeness (QED) is 0.591. The highest BCUT2D eigenvalue weighted by Crippen LogP contribution is 2.42. The van der Waals surface area contributed by atoms with Gasteiger partial charge in [-0.1, -0.05) is 12.7 Å².